The summed E-state index contributed by atoms with van der Waals surface area (Å²) in [5, 5.41) is 1.88. The predicted molar refractivity (Wildman–Crippen MR) is 97.3 cm³/mol. The van der Waals surface area contributed by atoms with Crippen molar-refractivity contribution in [1.82, 2.24) is 9.80 Å². The molecule has 0 spiro atoms. The van der Waals surface area contributed by atoms with Gasteiger partial charge in [-0.2, -0.15) is 0 Å². The van der Waals surface area contributed by atoms with Gasteiger partial charge in [0, 0.05) is 26.1 Å². The van der Waals surface area contributed by atoms with Crippen LogP contribution >= 0.6 is 11.3 Å². The Bertz CT molecular complexity index is 646. The zero-order valence-electron chi connectivity index (χ0n) is 14.5. The second kappa shape index (κ2) is 7.47. The Balaban J connectivity index is 1.66. The van der Waals surface area contributed by atoms with E-state index in [1.54, 1.807) is 6.92 Å². The van der Waals surface area contributed by atoms with Crippen molar-refractivity contribution in [1.29, 1.82) is 0 Å². The van der Waals surface area contributed by atoms with Gasteiger partial charge in [-0.3, -0.25) is 9.59 Å². The number of amides is 1. The third-order valence-corrected chi connectivity index (χ3v) is 5.98. The average Bonchev–Trinajstić information content (AvgIpc) is 3.04. The lowest BCUT2D eigenvalue weighted by Crippen LogP contribution is -2.55. The molecule has 2 fully saturated rings. The average molecular weight is 347 g/mol. The van der Waals surface area contributed by atoms with Gasteiger partial charge < -0.3 is 9.80 Å². The van der Waals surface area contributed by atoms with Crippen molar-refractivity contribution < 1.29 is 9.59 Å². The van der Waals surface area contributed by atoms with E-state index in [4.69, 9.17) is 0 Å². The van der Waals surface area contributed by atoms with Gasteiger partial charge in [0.25, 0.3) is 0 Å². The van der Waals surface area contributed by atoms with Crippen LogP contribution in [0.3, 0.4) is 0 Å². The lowest BCUT2D eigenvalue weighted by molar-refractivity contribution is -0.137. The molecule has 0 aromatic carbocycles. The maximum absolute atomic E-state index is 12.6. The lowest BCUT2D eigenvalue weighted by Gasteiger charge is -2.41. The Labute approximate surface area is 147 Å². The SMILES string of the molecule is CC(=O)c1sccc1/N=C(\C)N1CCN(C2CCCCC2)C(=O)C1. The number of thiophene rings is 1. The first-order chi connectivity index (χ1) is 11.6. The molecule has 1 aromatic rings. The largest absolute Gasteiger partial charge is 0.349 e. The number of piperazine rings is 1. The third kappa shape index (κ3) is 3.69. The van der Waals surface area contributed by atoms with Crippen LogP contribution in [0.15, 0.2) is 16.4 Å². The van der Waals surface area contributed by atoms with E-state index in [2.05, 4.69) is 9.89 Å². The van der Waals surface area contributed by atoms with Crippen LogP contribution in [0.5, 0.6) is 0 Å². The van der Waals surface area contributed by atoms with Gasteiger partial charge in [0.15, 0.2) is 5.78 Å². The summed E-state index contributed by atoms with van der Waals surface area (Å²) in [4.78, 5) is 33.6. The summed E-state index contributed by atoms with van der Waals surface area (Å²) in [5.74, 6) is 1.06. The molecule has 1 saturated carbocycles. The molecule has 0 unspecified atom stereocenters. The number of hydrogen-bond acceptors (Lipinski definition) is 4. The van der Waals surface area contributed by atoms with Crippen LogP contribution in [-0.4, -0.2) is 53.0 Å². The molecule has 6 heteroatoms. The third-order valence-electron chi connectivity index (χ3n) is 4.98. The molecule has 24 heavy (non-hydrogen) atoms. The van der Waals surface area contributed by atoms with Crippen molar-refractivity contribution >= 4 is 34.6 Å². The van der Waals surface area contributed by atoms with E-state index >= 15 is 0 Å². The van der Waals surface area contributed by atoms with E-state index < -0.39 is 0 Å². The minimum atomic E-state index is 0.0368. The molecule has 1 aromatic heterocycles. The molecule has 0 radical (unpaired) electrons. The molecule has 1 saturated heterocycles. The lowest BCUT2D eigenvalue weighted by atomic mass is 9.93. The first-order valence-corrected chi connectivity index (χ1v) is 9.62. The maximum Gasteiger partial charge on any atom is 0.242 e. The molecule has 5 nitrogen and oxygen atoms in total. The minimum absolute atomic E-state index is 0.0368. The van der Waals surface area contributed by atoms with Crippen LogP contribution in [0, 0.1) is 0 Å². The number of rotatable bonds is 3. The number of amidine groups is 1. The fraction of sp³-hybridized carbons (Fsp3) is 0.611. The van der Waals surface area contributed by atoms with Crippen LogP contribution < -0.4 is 0 Å². The summed E-state index contributed by atoms with van der Waals surface area (Å²) in [6.07, 6.45) is 6.08. The van der Waals surface area contributed by atoms with Crippen LogP contribution in [0.4, 0.5) is 5.69 Å². The standard InChI is InChI=1S/C18H25N3O2S/c1-13(22)18-16(8-11-24-18)19-14(2)20-9-10-21(17(23)12-20)15-6-4-3-5-7-15/h8,11,15H,3-7,9-10,12H2,1-2H3/b19-14+. The van der Waals surface area contributed by atoms with E-state index in [0.717, 1.165) is 31.8 Å². The van der Waals surface area contributed by atoms with E-state index in [1.807, 2.05) is 23.3 Å². The Morgan fingerprint density at radius 1 is 1.21 bits per heavy atom. The summed E-state index contributed by atoms with van der Waals surface area (Å²) in [6.45, 7) is 5.47. The first-order valence-electron chi connectivity index (χ1n) is 8.74. The maximum atomic E-state index is 12.6. The predicted octanol–water partition coefficient (Wildman–Crippen LogP) is 3.48. The molecule has 1 amide bonds. The minimum Gasteiger partial charge on any atom is -0.349 e. The summed E-state index contributed by atoms with van der Waals surface area (Å²) < 4.78 is 0. The Hall–Kier alpha value is -1.69. The zero-order valence-corrected chi connectivity index (χ0v) is 15.3. The number of hydrogen-bond donors (Lipinski definition) is 0. The van der Waals surface area contributed by atoms with Gasteiger partial charge in [0.05, 0.1) is 17.1 Å². The number of Topliss-reactive ketones (excluding diaryl/α,β-unsaturated/α-hetero) is 1. The van der Waals surface area contributed by atoms with Crippen molar-refractivity contribution in [2.24, 2.45) is 4.99 Å². The van der Waals surface area contributed by atoms with Crippen LogP contribution in [0.2, 0.25) is 0 Å². The summed E-state index contributed by atoms with van der Waals surface area (Å²) >= 11 is 1.42. The van der Waals surface area contributed by atoms with Crippen LogP contribution in [0.1, 0.15) is 55.6 Å². The molecule has 2 aliphatic rings. The fourth-order valence-electron chi connectivity index (χ4n) is 3.64. The van der Waals surface area contributed by atoms with Gasteiger partial charge in [0.2, 0.25) is 5.91 Å². The molecule has 0 bridgehead atoms. The second-order valence-corrected chi connectivity index (χ2v) is 7.57. The second-order valence-electron chi connectivity index (χ2n) is 6.65. The highest BCUT2D eigenvalue weighted by molar-refractivity contribution is 7.12. The number of carbonyl (C=O) groups excluding carboxylic acids is 2. The van der Waals surface area contributed by atoms with E-state index in [0.29, 0.717) is 23.2 Å². The number of carbonyl (C=O) groups is 2. The van der Waals surface area contributed by atoms with E-state index in [-0.39, 0.29) is 11.7 Å². The Kier molecular flexibility index (Phi) is 5.33. The van der Waals surface area contributed by atoms with Gasteiger partial charge in [-0.15, -0.1) is 11.3 Å². The van der Waals surface area contributed by atoms with Crippen molar-refractivity contribution in [2.45, 2.75) is 52.0 Å². The molecular formula is C18H25N3O2S. The smallest absolute Gasteiger partial charge is 0.242 e. The Morgan fingerprint density at radius 3 is 2.62 bits per heavy atom. The van der Waals surface area contributed by atoms with E-state index in [9.17, 15) is 9.59 Å². The van der Waals surface area contributed by atoms with Crippen molar-refractivity contribution in [3.05, 3.63) is 16.3 Å². The molecule has 1 aliphatic heterocycles. The van der Waals surface area contributed by atoms with Crippen LogP contribution in [-0.2, 0) is 4.79 Å². The molecule has 0 N–H and O–H groups in total. The molecule has 1 aliphatic carbocycles. The summed E-state index contributed by atoms with van der Waals surface area (Å²) in [6, 6.07) is 2.30. The molecule has 130 valence electrons. The zero-order chi connectivity index (χ0) is 17.1. The van der Waals surface area contributed by atoms with Crippen molar-refractivity contribution in [3.8, 4) is 0 Å². The number of nitrogens with zero attached hydrogens (tertiary/aromatic N) is 3. The topological polar surface area (TPSA) is 53.0 Å². The number of ketones is 1. The molecule has 2 heterocycles. The highest BCUT2D eigenvalue weighted by Crippen LogP contribution is 2.27. The van der Waals surface area contributed by atoms with Gasteiger partial charge in [-0.1, -0.05) is 19.3 Å². The highest BCUT2D eigenvalue weighted by Gasteiger charge is 2.30. The quantitative estimate of drug-likeness (QED) is 0.478. The fourth-order valence-corrected chi connectivity index (χ4v) is 4.37. The number of aliphatic imine (C=N–C) groups is 1. The van der Waals surface area contributed by atoms with Crippen molar-refractivity contribution in [2.75, 3.05) is 19.6 Å². The van der Waals surface area contributed by atoms with Crippen LogP contribution in [0.25, 0.3) is 0 Å². The van der Waals surface area contributed by atoms with Gasteiger partial charge in [-0.25, -0.2) is 4.99 Å². The highest BCUT2D eigenvalue weighted by atomic mass is 32.1. The summed E-state index contributed by atoms with van der Waals surface area (Å²) in [5.41, 5.74) is 0.715. The summed E-state index contributed by atoms with van der Waals surface area (Å²) in [7, 11) is 0. The Morgan fingerprint density at radius 2 is 1.96 bits per heavy atom. The normalized spacial score (nSPS) is 20.6. The van der Waals surface area contributed by atoms with E-state index in [1.165, 1.54) is 30.6 Å². The van der Waals surface area contributed by atoms with Gasteiger partial charge >= 0.3 is 0 Å². The molecule has 3 rings (SSSR count). The first kappa shape index (κ1) is 17.1. The molecule has 0 atom stereocenters. The van der Waals surface area contributed by atoms with Gasteiger partial charge in [0.1, 0.15) is 5.84 Å². The van der Waals surface area contributed by atoms with Crippen molar-refractivity contribution in [3.63, 3.8) is 0 Å². The monoisotopic (exact) mass is 347 g/mol. The molecular weight excluding hydrogens is 322 g/mol. The van der Waals surface area contributed by atoms with Gasteiger partial charge in [-0.05, 0) is 31.2 Å².